The molecule has 0 radical (unpaired) electrons. The molecular formula is C20H21NO. The number of benzene rings is 1. The Balaban J connectivity index is 2.14. The first-order valence-corrected chi connectivity index (χ1v) is 7.78. The van der Waals surface area contributed by atoms with Crippen LogP contribution in [-0.2, 0) is 4.79 Å². The van der Waals surface area contributed by atoms with Crippen LogP contribution in [0.15, 0.2) is 47.6 Å². The van der Waals surface area contributed by atoms with Crippen LogP contribution in [0.1, 0.15) is 39.2 Å². The predicted molar refractivity (Wildman–Crippen MR) is 90.5 cm³/mol. The zero-order chi connectivity index (χ0) is 15.7. The van der Waals surface area contributed by atoms with Crippen LogP contribution >= 0.6 is 0 Å². The maximum atomic E-state index is 13.0. The Bertz CT molecular complexity index is 735. The van der Waals surface area contributed by atoms with Gasteiger partial charge in [-0.1, -0.05) is 56.9 Å². The third-order valence-corrected chi connectivity index (χ3v) is 4.04. The van der Waals surface area contributed by atoms with Crippen molar-refractivity contribution in [3.05, 3.63) is 53.1 Å². The van der Waals surface area contributed by atoms with Crippen LogP contribution in [0.25, 0.3) is 0 Å². The van der Waals surface area contributed by atoms with Crippen LogP contribution in [0.4, 0.5) is 5.69 Å². The lowest BCUT2D eigenvalue weighted by Gasteiger charge is -2.32. The molecule has 2 nitrogen and oxygen atoms in total. The van der Waals surface area contributed by atoms with Gasteiger partial charge in [0, 0.05) is 23.1 Å². The molecule has 1 aliphatic carbocycles. The summed E-state index contributed by atoms with van der Waals surface area (Å²) in [6, 6.07) is 7.93. The largest absolute Gasteiger partial charge is 0.307 e. The summed E-state index contributed by atoms with van der Waals surface area (Å²) in [6.07, 6.45) is 6.27. The third-order valence-electron chi connectivity index (χ3n) is 4.04. The summed E-state index contributed by atoms with van der Waals surface area (Å²) in [5.74, 6) is 6.67. The molecule has 2 heteroatoms. The molecule has 0 atom stereocenters. The number of amides is 1. The lowest BCUT2D eigenvalue weighted by molar-refractivity contribution is -0.125. The van der Waals surface area contributed by atoms with Crippen molar-refractivity contribution in [3.8, 4) is 11.8 Å². The number of para-hydroxylation sites is 1. The van der Waals surface area contributed by atoms with Gasteiger partial charge >= 0.3 is 0 Å². The summed E-state index contributed by atoms with van der Waals surface area (Å²) >= 11 is 0. The number of allylic oxidation sites excluding steroid dienone is 3. The number of hydrogen-bond acceptors (Lipinski definition) is 1. The van der Waals surface area contributed by atoms with E-state index < -0.39 is 5.41 Å². The molecule has 1 aliphatic heterocycles. The van der Waals surface area contributed by atoms with E-state index in [4.69, 9.17) is 0 Å². The van der Waals surface area contributed by atoms with E-state index in [1.54, 1.807) is 0 Å². The van der Waals surface area contributed by atoms with Crippen molar-refractivity contribution in [1.29, 1.82) is 0 Å². The normalized spacial score (nSPS) is 17.0. The van der Waals surface area contributed by atoms with E-state index in [2.05, 4.69) is 24.0 Å². The molecule has 3 rings (SSSR count). The summed E-state index contributed by atoms with van der Waals surface area (Å²) in [4.78, 5) is 14.9. The Kier molecular flexibility index (Phi) is 3.66. The minimum absolute atomic E-state index is 0.144. The van der Waals surface area contributed by atoms with Crippen molar-refractivity contribution in [2.75, 3.05) is 11.4 Å². The smallest absolute Gasteiger partial charge is 0.232 e. The Morgan fingerprint density at radius 2 is 1.95 bits per heavy atom. The molecule has 22 heavy (non-hydrogen) atoms. The molecule has 1 amide bonds. The third kappa shape index (κ3) is 2.72. The first-order valence-electron chi connectivity index (χ1n) is 7.78. The van der Waals surface area contributed by atoms with Gasteiger partial charge in [0.1, 0.15) is 0 Å². The number of nitrogens with zero attached hydrogens (tertiary/aromatic N) is 1. The molecule has 0 saturated carbocycles. The van der Waals surface area contributed by atoms with Crippen molar-refractivity contribution in [3.63, 3.8) is 0 Å². The monoisotopic (exact) mass is 291 g/mol. The molecular weight excluding hydrogens is 270 g/mol. The molecule has 0 unspecified atom stereocenters. The van der Waals surface area contributed by atoms with Crippen molar-refractivity contribution in [2.45, 2.75) is 33.6 Å². The minimum Gasteiger partial charge on any atom is -0.307 e. The minimum atomic E-state index is -0.412. The molecule has 0 saturated heterocycles. The van der Waals surface area contributed by atoms with Crippen molar-refractivity contribution in [1.82, 2.24) is 0 Å². The summed E-state index contributed by atoms with van der Waals surface area (Å²) in [7, 11) is 0. The fourth-order valence-corrected chi connectivity index (χ4v) is 2.82. The molecule has 0 spiro atoms. The number of anilines is 1. The highest BCUT2D eigenvalue weighted by atomic mass is 16.2. The van der Waals surface area contributed by atoms with Crippen LogP contribution in [0.3, 0.4) is 0 Å². The Hall–Kier alpha value is -2.27. The lowest BCUT2D eigenvalue weighted by Crippen LogP contribution is -2.41. The van der Waals surface area contributed by atoms with E-state index >= 15 is 0 Å². The number of carbonyl (C=O) groups excluding carboxylic acids is 1. The highest BCUT2D eigenvalue weighted by Crippen LogP contribution is 2.30. The second-order valence-corrected chi connectivity index (χ2v) is 6.87. The number of rotatable bonds is 0. The van der Waals surface area contributed by atoms with Crippen molar-refractivity contribution >= 4 is 11.6 Å². The highest BCUT2D eigenvalue weighted by molar-refractivity contribution is 5.98. The van der Waals surface area contributed by atoms with E-state index in [0.29, 0.717) is 6.54 Å². The number of fused-ring (bicyclic) bond motifs is 1. The van der Waals surface area contributed by atoms with Gasteiger partial charge in [0.25, 0.3) is 0 Å². The first-order chi connectivity index (χ1) is 10.5. The molecule has 0 fully saturated rings. The number of hydrogen-bond donors (Lipinski definition) is 0. The molecule has 1 aromatic carbocycles. The maximum absolute atomic E-state index is 13.0. The van der Waals surface area contributed by atoms with E-state index in [-0.39, 0.29) is 5.91 Å². The summed E-state index contributed by atoms with van der Waals surface area (Å²) in [5.41, 5.74) is 3.78. The Morgan fingerprint density at radius 3 is 2.73 bits per heavy atom. The van der Waals surface area contributed by atoms with E-state index in [1.807, 2.05) is 49.9 Å². The molecule has 1 aromatic rings. The maximum Gasteiger partial charge on any atom is 0.232 e. The van der Waals surface area contributed by atoms with Crippen LogP contribution in [0.2, 0.25) is 0 Å². The highest BCUT2D eigenvalue weighted by Gasteiger charge is 2.30. The van der Waals surface area contributed by atoms with Crippen molar-refractivity contribution in [2.24, 2.45) is 5.41 Å². The fourth-order valence-electron chi connectivity index (χ4n) is 2.82. The Morgan fingerprint density at radius 1 is 1.18 bits per heavy atom. The van der Waals surface area contributed by atoms with E-state index in [1.165, 1.54) is 5.57 Å². The van der Waals surface area contributed by atoms with Gasteiger partial charge in [-0.25, -0.2) is 0 Å². The number of carbonyl (C=O) groups is 1. The van der Waals surface area contributed by atoms with E-state index in [9.17, 15) is 4.79 Å². The van der Waals surface area contributed by atoms with Crippen LogP contribution in [0.5, 0.6) is 0 Å². The van der Waals surface area contributed by atoms with Crippen LogP contribution < -0.4 is 4.90 Å². The SMILES string of the molecule is CC(C)(C)C(=O)N1CC2=C(C#Cc3ccccc31)C=CCC2. The van der Waals surface area contributed by atoms with Gasteiger partial charge in [0.05, 0.1) is 5.69 Å². The average molecular weight is 291 g/mol. The molecule has 112 valence electrons. The van der Waals surface area contributed by atoms with Gasteiger partial charge in [0.15, 0.2) is 0 Å². The lowest BCUT2D eigenvalue weighted by atomic mass is 9.91. The van der Waals surface area contributed by atoms with Gasteiger partial charge in [0.2, 0.25) is 5.91 Å². The molecule has 0 N–H and O–H groups in total. The molecule has 2 aliphatic rings. The topological polar surface area (TPSA) is 20.3 Å². The molecule has 1 heterocycles. The van der Waals surface area contributed by atoms with Crippen LogP contribution in [0, 0.1) is 17.3 Å². The second-order valence-electron chi connectivity index (χ2n) is 6.87. The zero-order valence-corrected chi connectivity index (χ0v) is 13.4. The first kappa shape index (κ1) is 14.7. The van der Waals surface area contributed by atoms with Crippen LogP contribution in [-0.4, -0.2) is 12.5 Å². The zero-order valence-electron chi connectivity index (χ0n) is 13.4. The molecule has 0 aromatic heterocycles. The Labute approximate surface area is 132 Å². The quantitative estimate of drug-likeness (QED) is 0.660. The van der Waals surface area contributed by atoms with Crippen molar-refractivity contribution < 1.29 is 4.79 Å². The second kappa shape index (κ2) is 5.50. The van der Waals surface area contributed by atoms with Gasteiger partial charge in [-0.05, 0) is 30.5 Å². The summed E-state index contributed by atoms with van der Waals surface area (Å²) in [6.45, 7) is 6.55. The standard InChI is InChI=1S/C20H21NO/c1-20(2,3)19(22)21-14-17-10-5-4-8-15(17)12-13-16-9-6-7-11-18(16)21/h4,6-9,11H,5,10,14H2,1-3H3. The van der Waals surface area contributed by atoms with Gasteiger partial charge in [-0.3, -0.25) is 4.79 Å². The fraction of sp³-hybridized carbons (Fsp3) is 0.350. The summed E-state index contributed by atoms with van der Waals surface area (Å²) < 4.78 is 0. The predicted octanol–water partition coefficient (Wildman–Crippen LogP) is 4.08. The van der Waals surface area contributed by atoms with Gasteiger partial charge < -0.3 is 4.90 Å². The summed E-state index contributed by atoms with van der Waals surface area (Å²) in [5, 5.41) is 0. The molecule has 0 bridgehead atoms. The van der Waals surface area contributed by atoms with Gasteiger partial charge in [-0.2, -0.15) is 0 Å². The van der Waals surface area contributed by atoms with Gasteiger partial charge in [-0.15, -0.1) is 0 Å². The average Bonchev–Trinajstić information content (AvgIpc) is 2.48. The van der Waals surface area contributed by atoms with E-state index in [0.717, 1.165) is 29.7 Å².